The Balaban J connectivity index is 2.48. The highest BCUT2D eigenvalue weighted by Gasteiger charge is 2.30. The van der Waals surface area contributed by atoms with E-state index in [4.69, 9.17) is 5.73 Å². The molecule has 0 unspecified atom stereocenters. The molecule has 0 fully saturated rings. The maximum Gasteiger partial charge on any atom is 0.416 e. The number of nitrogens with two attached hydrogens (primary N) is 1. The minimum Gasteiger partial charge on any atom is -0.366 e. The molecule has 0 saturated carbocycles. The second kappa shape index (κ2) is 4.76. The van der Waals surface area contributed by atoms with Crippen molar-refractivity contribution in [1.82, 2.24) is 0 Å². The van der Waals surface area contributed by atoms with E-state index in [1.54, 1.807) is 18.2 Å². The first kappa shape index (κ1) is 13.1. The van der Waals surface area contributed by atoms with Gasteiger partial charge in [0.15, 0.2) is 0 Å². The van der Waals surface area contributed by atoms with E-state index >= 15 is 0 Å². The molecule has 0 aliphatic carbocycles. The lowest BCUT2D eigenvalue weighted by Crippen LogP contribution is -2.10. The highest BCUT2D eigenvalue weighted by atomic mass is 19.4. The van der Waals surface area contributed by atoms with Gasteiger partial charge in [-0.15, -0.1) is 0 Å². The Labute approximate surface area is 107 Å². The molecule has 1 amide bonds. The van der Waals surface area contributed by atoms with Crippen LogP contribution in [0.1, 0.15) is 15.9 Å². The molecule has 2 N–H and O–H groups in total. The molecule has 2 nitrogen and oxygen atoms in total. The Bertz CT molecular complexity index is 620. The summed E-state index contributed by atoms with van der Waals surface area (Å²) in [5.74, 6) is -0.617. The predicted octanol–water partition coefficient (Wildman–Crippen LogP) is 3.47. The number of amides is 1. The van der Waals surface area contributed by atoms with Crippen LogP contribution in [0.5, 0.6) is 0 Å². The zero-order valence-corrected chi connectivity index (χ0v) is 9.74. The molecule has 0 spiro atoms. The molecule has 2 aromatic rings. The molecule has 0 saturated heterocycles. The van der Waals surface area contributed by atoms with E-state index in [2.05, 4.69) is 0 Å². The van der Waals surface area contributed by atoms with E-state index in [1.165, 1.54) is 18.2 Å². The van der Waals surface area contributed by atoms with Gasteiger partial charge < -0.3 is 5.73 Å². The average Bonchev–Trinajstić information content (AvgIpc) is 2.38. The number of benzene rings is 2. The summed E-state index contributed by atoms with van der Waals surface area (Å²) in [5.41, 5.74) is 5.58. The number of carbonyl (C=O) groups is 1. The molecule has 0 bridgehead atoms. The third-order valence-electron chi connectivity index (χ3n) is 2.67. The summed E-state index contributed by atoms with van der Waals surface area (Å²) >= 11 is 0. The van der Waals surface area contributed by atoms with Crippen LogP contribution >= 0.6 is 0 Å². The van der Waals surface area contributed by atoms with E-state index in [9.17, 15) is 18.0 Å². The third kappa shape index (κ3) is 2.93. The Morgan fingerprint density at radius 1 is 0.947 bits per heavy atom. The Kier molecular flexibility index (Phi) is 3.29. The molecule has 5 heteroatoms. The van der Waals surface area contributed by atoms with Crippen LogP contribution in [-0.2, 0) is 6.18 Å². The smallest absolute Gasteiger partial charge is 0.366 e. The maximum atomic E-state index is 12.6. The Morgan fingerprint density at radius 2 is 1.53 bits per heavy atom. The first-order valence-corrected chi connectivity index (χ1v) is 5.45. The minimum atomic E-state index is -4.39. The Morgan fingerprint density at radius 3 is 2.11 bits per heavy atom. The summed E-state index contributed by atoms with van der Waals surface area (Å²) < 4.78 is 37.9. The standard InChI is InChI=1S/C14H10F3NO/c15-14(16,17)12-6-2-4-10(8-12)9-3-1-5-11(7-9)13(18)19/h1-8H,(H2,18,19). The van der Waals surface area contributed by atoms with Crippen LogP contribution in [0.3, 0.4) is 0 Å². The third-order valence-corrected chi connectivity index (χ3v) is 2.67. The van der Waals surface area contributed by atoms with Crippen molar-refractivity contribution in [3.8, 4) is 11.1 Å². The first-order valence-electron chi connectivity index (χ1n) is 5.45. The van der Waals surface area contributed by atoms with Crippen molar-refractivity contribution in [2.24, 2.45) is 5.73 Å². The van der Waals surface area contributed by atoms with Crippen LogP contribution in [0.2, 0.25) is 0 Å². The summed E-state index contributed by atoms with van der Waals surface area (Å²) in [6.45, 7) is 0. The molecule has 19 heavy (non-hydrogen) atoms. The SMILES string of the molecule is NC(=O)c1cccc(-c2cccc(C(F)(F)F)c2)c1. The van der Waals surface area contributed by atoms with E-state index in [0.29, 0.717) is 11.1 Å². The lowest BCUT2D eigenvalue weighted by atomic mass is 10.0. The van der Waals surface area contributed by atoms with Gasteiger partial charge in [-0.25, -0.2) is 0 Å². The van der Waals surface area contributed by atoms with Crippen LogP contribution in [0.15, 0.2) is 48.5 Å². The molecule has 2 rings (SSSR count). The number of primary amides is 1. The zero-order chi connectivity index (χ0) is 14.0. The van der Waals surface area contributed by atoms with E-state index in [1.807, 2.05) is 0 Å². The molecule has 0 heterocycles. The predicted molar refractivity (Wildman–Crippen MR) is 65.4 cm³/mol. The van der Waals surface area contributed by atoms with E-state index in [0.717, 1.165) is 12.1 Å². The van der Waals surface area contributed by atoms with Crippen molar-refractivity contribution in [1.29, 1.82) is 0 Å². The number of carbonyl (C=O) groups excluding carboxylic acids is 1. The second-order valence-corrected chi connectivity index (χ2v) is 4.02. The van der Waals surface area contributed by atoms with Crippen LogP contribution in [-0.4, -0.2) is 5.91 Å². The molecular formula is C14H10F3NO. The number of hydrogen-bond acceptors (Lipinski definition) is 1. The lowest BCUT2D eigenvalue weighted by molar-refractivity contribution is -0.137. The van der Waals surface area contributed by atoms with Crippen molar-refractivity contribution in [3.05, 3.63) is 59.7 Å². The zero-order valence-electron chi connectivity index (χ0n) is 9.74. The number of rotatable bonds is 2. The lowest BCUT2D eigenvalue weighted by Gasteiger charge is -2.09. The quantitative estimate of drug-likeness (QED) is 0.887. The fourth-order valence-corrected chi connectivity index (χ4v) is 1.73. The summed E-state index contributed by atoms with van der Waals surface area (Å²) in [7, 11) is 0. The molecule has 0 aromatic heterocycles. The summed E-state index contributed by atoms with van der Waals surface area (Å²) in [5, 5.41) is 0. The van der Waals surface area contributed by atoms with Gasteiger partial charge in [0.1, 0.15) is 0 Å². The van der Waals surface area contributed by atoms with E-state index < -0.39 is 17.6 Å². The number of alkyl halides is 3. The first-order chi connectivity index (χ1) is 8.88. The summed E-state index contributed by atoms with van der Waals surface area (Å²) in [6.07, 6.45) is -4.39. The molecule has 2 aromatic carbocycles. The summed E-state index contributed by atoms with van der Waals surface area (Å²) in [4.78, 5) is 11.1. The van der Waals surface area contributed by atoms with Gasteiger partial charge >= 0.3 is 6.18 Å². The van der Waals surface area contributed by atoms with Crippen LogP contribution in [0, 0.1) is 0 Å². The summed E-state index contributed by atoms with van der Waals surface area (Å²) in [6, 6.07) is 11.1. The fourth-order valence-electron chi connectivity index (χ4n) is 1.73. The van der Waals surface area contributed by atoms with Crippen molar-refractivity contribution >= 4 is 5.91 Å². The van der Waals surface area contributed by atoms with Gasteiger partial charge in [0.25, 0.3) is 0 Å². The minimum absolute atomic E-state index is 0.259. The molecular weight excluding hydrogens is 255 g/mol. The average molecular weight is 265 g/mol. The topological polar surface area (TPSA) is 43.1 Å². The largest absolute Gasteiger partial charge is 0.416 e. The van der Waals surface area contributed by atoms with Gasteiger partial charge in [-0.3, -0.25) is 4.79 Å². The molecule has 98 valence electrons. The molecule has 0 atom stereocenters. The second-order valence-electron chi connectivity index (χ2n) is 4.02. The van der Waals surface area contributed by atoms with Crippen molar-refractivity contribution in [2.45, 2.75) is 6.18 Å². The van der Waals surface area contributed by atoms with Gasteiger partial charge in [-0.05, 0) is 35.4 Å². The molecule has 0 aliphatic heterocycles. The van der Waals surface area contributed by atoms with Gasteiger partial charge in [0.05, 0.1) is 5.56 Å². The van der Waals surface area contributed by atoms with Crippen LogP contribution in [0.4, 0.5) is 13.2 Å². The van der Waals surface area contributed by atoms with Crippen molar-refractivity contribution < 1.29 is 18.0 Å². The Hall–Kier alpha value is -2.30. The number of halogens is 3. The van der Waals surface area contributed by atoms with Crippen LogP contribution in [0.25, 0.3) is 11.1 Å². The van der Waals surface area contributed by atoms with Crippen molar-refractivity contribution in [3.63, 3.8) is 0 Å². The van der Waals surface area contributed by atoms with Gasteiger partial charge in [-0.1, -0.05) is 24.3 Å². The fraction of sp³-hybridized carbons (Fsp3) is 0.0714. The van der Waals surface area contributed by atoms with Gasteiger partial charge in [0.2, 0.25) is 5.91 Å². The molecule has 0 aliphatic rings. The van der Waals surface area contributed by atoms with E-state index in [-0.39, 0.29) is 5.56 Å². The molecule has 0 radical (unpaired) electrons. The van der Waals surface area contributed by atoms with Crippen LogP contribution < -0.4 is 5.73 Å². The van der Waals surface area contributed by atoms with Gasteiger partial charge in [0, 0.05) is 5.56 Å². The normalized spacial score (nSPS) is 11.3. The number of hydrogen-bond donors (Lipinski definition) is 1. The monoisotopic (exact) mass is 265 g/mol. The highest BCUT2D eigenvalue weighted by molar-refractivity contribution is 5.94. The van der Waals surface area contributed by atoms with Gasteiger partial charge in [-0.2, -0.15) is 13.2 Å². The highest BCUT2D eigenvalue weighted by Crippen LogP contribution is 2.32. The maximum absolute atomic E-state index is 12.6. The van der Waals surface area contributed by atoms with Crippen molar-refractivity contribution in [2.75, 3.05) is 0 Å².